The van der Waals surface area contributed by atoms with Crippen LogP contribution >= 0.6 is 11.6 Å². The molecule has 4 nitrogen and oxygen atoms in total. The lowest BCUT2D eigenvalue weighted by Gasteiger charge is -2.14. The minimum atomic E-state index is -0.644. The van der Waals surface area contributed by atoms with Crippen molar-refractivity contribution in [3.63, 3.8) is 0 Å². The zero-order valence-corrected chi connectivity index (χ0v) is 13.0. The van der Waals surface area contributed by atoms with Crippen LogP contribution in [-0.2, 0) is 6.54 Å². The van der Waals surface area contributed by atoms with Crippen LogP contribution in [0.1, 0.15) is 5.56 Å². The molecule has 22 heavy (non-hydrogen) atoms. The van der Waals surface area contributed by atoms with Gasteiger partial charge in [-0.2, -0.15) is 0 Å². The summed E-state index contributed by atoms with van der Waals surface area (Å²) in [4.78, 5) is 4.31. The maximum atomic E-state index is 10.2. The van der Waals surface area contributed by atoms with Crippen molar-refractivity contribution in [3.05, 3.63) is 59.4 Å². The molecule has 1 N–H and O–H groups in total. The van der Waals surface area contributed by atoms with Gasteiger partial charge in [0.1, 0.15) is 18.5 Å². The molecule has 0 bridgehead atoms. The Kier molecular flexibility index (Phi) is 4.32. The number of hydrogen-bond donors (Lipinski definition) is 1. The number of hydrogen-bond acceptors (Lipinski definition) is 3. The number of rotatable bonds is 5. The van der Waals surface area contributed by atoms with Crippen molar-refractivity contribution in [3.8, 4) is 5.75 Å². The van der Waals surface area contributed by atoms with Gasteiger partial charge in [-0.3, -0.25) is 0 Å². The van der Waals surface area contributed by atoms with Crippen LogP contribution in [-0.4, -0.2) is 27.4 Å². The molecule has 0 aliphatic carbocycles. The standard InChI is InChI=1S/C17H17ClN2O2/c1-12-6-7-14(18)17(8-12)22-10-13(21)9-20-11-19-15-4-2-3-5-16(15)20/h2-8,11,13,21H,9-10H2,1H3/t13-/m1/s1. The number of aryl methyl sites for hydroxylation is 1. The lowest BCUT2D eigenvalue weighted by Crippen LogP contribution is -2.23. The van der Waals surface area contributed by atoms with E-state index in [9.17, 15) is 5.11 Å². The predicted octanol–water partition coefficient (Wildman–Crippen LogP) is 3.44. The number of halogens is 1. The van der Waals surface area contributed by atoms with Gasteiger partial charge in [0.2, 0.25) is 0 Å². The lowest BCUT2D eigenvalue weighted by molar-refractivity contribution is 0.0934. The third kappa shape index (κ3) is 3.24. The minimum Gasteiger partial charge on any atom is -0.489 e. The van der Waals surface area contributed by atoms with Gasteiger partial charge in [-0.05, 0) is 36.8 Å². The third-order valence-corrected chi connectivity index (χ3v) is 3.76. The number of aliphatic hydroxyl groups is 1. The summed E-state index contributed by atoms with van der Waals surface area (Å²) in [7, 11) is 0. The van der Waals surface area contributed by atoms with E-state index < -0.39 is 6.10 Å². The Morgan fingerprint density at radius 1 is 1.27 bits per heavy atom. The first-order chi connectivity index (χ1) is 10.6. The SMILES string of the molecule is Cc1ccc(Cl)c(OC[C@H](O)Cn2cnc3ccccc32)c1. The molecule has 0 aliphatic heterocycles. The molecule has 0 amide bonds. The van der Waals surface area contributed by atoms with Gasteiger partial charge in [0.25, 0.3) is 0 Å². The minimum absolute atomic E-state index is 0.176. The molecule has 0 radical (unpaired) electrons. The molecule has 3 aromatic rings. The second-order valence-electron chi connectivity index (χ2n) is 5.28. The molecule has 0 unspecified atom stereocenters. The summed E-state index contributed by atoms with van der Waals surface area (Å²) in [6.07, 6.45) is 1.09. The number of para-hydroxylation sites is 2. The average molecular weight is 317 g/mol. The number of ether oxygens (including phenoxy) is 1. The molecule has 0 saturated carbocycles. The number of aliphatic hydroxyl groups excluding tert-OH is 1. The second-order valence-corrected chi connectivity index (χ2v) is 5.69. The van der Waals surface area contributed by atoms with Crippen molar-refractivity contribution in [1.29, 1.82) is 0 Å². The monoisotopic (exact) mass is 316 g/mol. The molecule has 1 aromatic heterocycles. The quantitative estimate of drug-likeness (QED) is 0.784. The summed E-state index contributed by atoms with van der Waals surface area (Å²) < 4.78 is 7.54. The Balaban J connectivity index is 1.65. The maximum Gasteiger partial charge on any atom is 0.138 e. The number of nitrogens with zero attached hydrogens (tertiary/aromatic N) is 2. The molecule has 3 rings (SSSR count). The Morgan fingerprint density at radius 3 is 2.95 bits per heavy atom. The molecule has 0 spiro atoms. The number of fused-ring (bicyclic) bond motifs is 1. The summed E-state index contributed by atoms with van der Waals surface area (Å²) in [6.45, 7) is 2.57. The normalized spacial score (nSPS) is 12.5. The molecule has 1 atom stereocenters. The van der Waals surface area contributed by atoms with E-state index in [1.165, 1.54) is 0 Å². The van der Waals surface area contributed by atoms with Crippen molar-refractivity contribution >= 4 is 22.6 Å². The van der Waals surface area contributed by atoms with Crippen LogP contribution < -0.4 is 4.74 Å². The van der Waals surface area contributed by atoms with Crippen LogP contribution in [0.15, 0.2) is 48.8 Å². The van der Waals surface area contributed by atoms with Gasteiger partial charge in [-0.1, -0.05) is 29.8 Å². The van der Waals surface area contributed by atoms with Crippen molar-refractivity contribution < 1.29 is 9.84 Å². The van der Waals surface area contributed by atoms with E-state index in [-0.39, 0.29) is 6.61 Å². The van der Waals surface area contributed by atoms with Gasteiger partial charge in [-0.25, -0.2) is 4.98 Å². The van der Waals surface area contributed by atoms with Crippen LogP contribution in [0.3, 0.4) is 0 Å². The van der Waals surface area contributed by atoms with Crippen LogP contribution in [0.2, 0.25) is 5.02 Å². The summed E-state index contributed by atoms with van der Waals surface area (Å²) in [5.74, 6) is 0.594. The number of benzene rings is 2. The second kappa shape index (κ2) is 6.38. The Morgan fingerprint density at radius 2 is 2.09 bits per heavy atom. The molecule has 5 heteroatoms. The van der Waals surface area contributed by atoms with E-state index in [2.05, 4.69) is 4.98 Å². The van der Waals surface area contributed by atoms with E-state index in [1.54, 1.807) is 12.4 Å². The lowest BCUT2D eigenvalue weighted by atomic mass is 10.2. The van der Waals surface area contributed by atoms with Crippen molar-refractivity contribution in [2.24, 2.45) is 0 Å². The molecule has 0 saturated heterocycles. The molecule has 114 valence electrons. The van der Waals surface area contributed by atoms with Gasteiger partial charge in [0.05, 0.1) is 28.9 Å². The first-order valence-corrected chi connectivity index (χ1v) is 7.48. The summed E-state index contributed by atoms with van der Waals surface area (Å²) in [5, 5.41) is 10.7. The van der Waals surface area contributed by atoms with Gasteiger partial charge >= 0.3 is 0 Å². The Labute approximate surface area is 133 Å². The highest BCUT2D eigenvalue weighted by atomic mass is 35.5. The highest BCUT2D eigenvalue weighted by molar-refractivity contribution is 6.32. The fraction of sp³-hybridized carbons (Fsp3) is 0.235. The molecule has 0 fully saturated rings. The smallest absolute Gasteiger partial charge is 0.138 e. The van der Waals surface area contributed by atoms with E-state index in [0.717, 1.165) is 16.6 Å². The molecular weight excluding hydrogens is 300 g/mol. The third-order valence-electron chi connectivity index (χ3n) is 3.45. The summed E-state index contributed by atoms with van der Waals surface area (Å²) in [6, 6.07) is 13.4. The predicted molar refractivity (Wildman–Crippen MR) is 87.4 cm³/mol. The van der Waals surface area contributed by atoms with E-state index in [4.69, 9.17) is 16.3 Å². The summed E-state index contributed by atoms with van der Waals surface area (Å²) >= 11 is 6.08. The number of imidazole rings is 1. The van der Waals surface area contributed by atoms with E-state index in [0.29, 0.717) is 17.3 Å². The highest BCUT2D eigenvalue weighted by Crippen LogP contribution is 2.25. The average Bonchev–Trinajstić information content (AvgIpc) is 2.91. The largest absolute Gasteiger partial charge is 0.489 e. The summed E-state index contributed by atoms with van der Waals surface area (Å²) in [5.41, 5.74) is 2.97. The van der Waals surface area contributed by atoms with E-state index in [1.807, 2.05) is 47.9 Å². The van der Waals surface area contributed by atoms with Crippen LogP contribution in [0.5, 0.6) is 5.75 Å². The zero-order valence-electron chi connectivity index (χ0n) is 12.2. The van der Waals surface area contributed by atoms with Crippen LogP contribution in [0, 0.1) is 6.92 Å². The fourth-order valence-electron chi connectivity index (χ4n) is 2.34. The number of aromatic nitrogens is 2. The fourth-order valence-corrected chi connectivity index (χ4v) is 2.51. The van der Waals surface area contributed by atoms with Crippen LogP contribution in [0.25, 0.3) is 11.0 Å². The first kappa shape index (κ1) is 14.9. The van der Waals surface area contributed by atoms with Crippen molar-refractivity contribution in [1.82, 2.24) is 9.55 Å². The first-order valence-electron chi connectivity index (χ1n) is 7.10. The van der Waals surface area contributed by atoms with Gasteiger partial charge in [-0.15, -0.1) is 0 Å². The Bertz CT molecular complexity index is 785. The molecule has 2 aromatic carbocycles. The van der Waals surface area contributed by atoms with Crippen LogP contribution in [0.4, 0.5) is 0 Å². The zero-order chi connectivity index (χ0) is 15.5. The molecule has 0 aliphatic rings. The van der Waals surface area contributed by atoms with E-state index >= 15 is 0 Å². The molecular formula is C17H17ClN2O2. The van der Waals surface area contributed by atoms with Gasteiger partial charge < -0.3 is 14.4 Å². The van der Waals surface area contributed by atoms with Gasteiger partial charge in [0, 0.05) is 0 Å². The van der Waals surface area contributed by atoms with Crippen molar-refractivity contribution in [2.75, 3.05) is 6.61 Å². The van der Waals surface area contributed by atoms with Crippen molar-refractivity contribution in [2.45, 2.75) is 19.6 Å². The highest BCUT2D eigenvalue weighted by Gasteiger charge is 2.10. The Hall–Kier alpha value is -2.04. The maximum absolute atomic E-state index is 10.2. The topological polar surface area (TPSA) is 47.3 Å². The molecule has 1 heterocycles. The van der Waals surface area contributed by atoms with Gasteiger partial charge in [0.15, 0.2) is 0 Å².